The van der Waals surface area contributed by atoms with Crippen LogP contribution in [-0.2, 0) is 15.7 Å². The predicted molar refractivity (Wildman–Crippen MR) is 129 cm³/mol. The van der Waals surface area contributed by atoms with Crippen molar-refractivity contribution in [1.29, 1.82) is 0 Å². The van der Waals surface area contributed by atoms with E-state index < -0.39 is 17.7 Å². The average Bonchev–Trinajstić information content (AvgIpc) is 3.35. The van der Waals surface area contributed by atoms with Crippen LogP contribution in [0.25, 0.3) is 0 Å². The van der Waals surface area contributed by atoms with Crippen molar-refractivity contribution >= 4 is 5.97 Å². The van der Waals surface area contributed by atoms with E-state index in [0.717, 1.165) is 57.4 Å². The fourth-order valence-corrected chi connectivity index (χ4v) is 6.65. The molecule has 7 heteroatoms. The van der Waals surface area contributed by atoms with Crippen molar-refractivity contribution in [2.24, 2.45) is 11.8 Å². The number of aliphatic carboxylic acids is 1. The van der Waals surface area contributed by atoms with Gasteiger partial charge in [-0.15, -0.1) is 0 Å². The van der Waals surface area contributed by atoms with Gasteiger partial charge in [0, 0.05) is 32.2 Å². The molecular weight excluding hydrogens is 455 g/mol. The summed E-state index contributed by atoms with van der Waals surface area (Å²) in [5.74, 6) is -0.0146. The smallest absolute Gasteiger partial charge is 0.416 e. The lowest BCUT2D eigenvalue weighted by molar-refractivity contribution is -0.139. The SMILES string of the molecule is O=C(O)C[C@@H]1CC[C@@H](N(CCC2CCCCO2)CC2CCCC2)[C@H](c2ccc(C(F)(F)F)cc2)C1. The number of hydrogen-bond acceptors (Lipinski definition) is 3. The maximum atomic E-state index is 13.2. The van der Waals surface area contributed by atoms with Gasteiger partial charge in [-0.3, -0.25) is 9.69 Å². The molecule has 2 saturated carbocycles. The van der Waals surface area contributed by atoms with E-state index in [-0.39, 0.29) is 24.3 Å². The molecule has 1 N–H and O–H groups in total. The van der Waals surface area contributed by atoms with Crippen molar-refractivity contribution in [2.45, 2.75) is 101 Å². The number of carboxylic acid groups (broad SMARTS) is 1. The molecule has 0 bridgehead atoms. The Balaban J connectivity index is 1.55. The number of nitrogens with zero attached hydrogens (tertiary/aromatic N) is 1. The molecule has 4 nitrogen and oxygen atoms in total. The van der Waals surface area contributed by atoms with Crippen LogP contribution in [0.3, 0.4) is 0 Å². The fraction of sp³-hybridized carbons (Fsp3) is 0.750. The van der Waals surface area contributed by atoms with Crippen molar-refractivity contribution < 1.29 is 27.8 Å². The van der Waals surface area contributed by atoms with Crippen LogP contribution in [0.15, 0.2) is 24.3 Å². The molecule has 3 aliphatic rings. The van der Waals surface area contributed by atoms with Crippen molar-refractivity contribution in [3.8, 4) is 0 Å². The summed E-state index contributed by atoms with van der Waals surface area (Å²) in [7, 11) is 0. The number of benzene rings is 1. The number of halogens is 3. The van der Waals surface area contributed by atoms with Crippen molar-refractivity contribution in [2.75, 3.05) is 19.7 Å². The van der Waals surface area contributed by atoms with Crippen LogP contribution in [-0.4, -0.2) is 47.8 Å². The summed E-state index contributed by atoms with van der Waals surface area (Å²) in [6, 6.07) is 5.85. The highest BCUT2D eigenvalue weighted by Gasteiger charge is 2.38. The first-order valence-electron chi connectivity index (χ1n) is 13.5. The topological polar surface area (TPSA) is 49.8 Å². The summed E-state index contributed by atoms with van der Waals surface area (Å²) in [6.07, 6.45) is 8.00. The van der Waals surface area contributed by atoms with Gasteiger partial charge in [-0.1, -0.05) is 25.0 Å². The van der Waals surface area contributed by atoms with Gasteiger partial charge >= 0.3 is 12.1 Å². The Kier molecular flexibility index (Phi) is 9.14. The molecule has 4 rings (SSSR count). The molecule has 1 unspecified atom stereocenters. The fourth-order valence-electron chi connectivity index (χ4n) is 6.65. The third kappa shape index (κ3) is 7.45. The minimum atomic E-state index is -4.36. The van der Waals surface area contributed by atoms with E-state index in [9.17, 15) is 23.1 Å². The minimum absolute atomic E-state index is 0.0454. The predicted octanol–water partition coefficient (Wildman–Crippen LogP) is 6.88. The van der Waals surface area contributed by atoms with E-state index in [1.807, 2.05) is 0 Å². The highest BCUT2D eigenvalue weighted by atomic mass is 19.4. The third-order valence-electron chi connectivity index (χ3n) is 8.50. The summed E-state index contributed by atoms with van der Waals surface area (Å²) < 4.78 is 45.6. The summed E-state index contributed by atoms with van der Waals surface area (Å²) in [4.78, 5) is 14.0. The zero-order chi connectivity index (χ0) is 24.8. The number of alkyl halides is 3. The van der Waals surface area contributed by atoms with Gasteiger partial charge in [-0.2, -0.15) is 13.2 Å². The van der Waals surface area contributed by atoms with Gasteiger partial charge in [-0.25, -0.2) is 0 Å². The molecule has 2 aliphatic carbocycles. The van der Waals surface area contributed by atoms with E-state index in [1.165, 1.54) is 44.2 Å². The number of carboxylic acids is 1. The normalized spacial score (nSPS) is 28.5. The zero-order valence-corrected chi connectivity index (χ0v) is 20.6. The van der Waals surface area contributed by atoms with Crippen molar-refractivity contribution in [3.05, 3.63) is 35.4 Å². The third-order valence-corrected chi connectivity index (χ3v) is 8.50. The van der Waals surface area contributed by atoms with Gasteiger partial charge in [0.1, 0.15) is 0 Å². The first kappa shape index (κ1) is 26.5. The van der Waals surface area contributed by atoms with Crippen LogP contribution in [0.2, 0.25) is 0 Å². The summed E-state index contributed by atoms with van der Waals surface area (Å²) in [6.45, 7) is 2.80. The van der Waals surface area contributed by atoms with Crippen molar-refractivity contribution in [1.82, 2.24) is 4.90 Å². The molecule has 1 heterocycles. The number of hydrogen-bond donors (Lipinski definition) is 1. The van der Waals surface area contributed by atoms with Crippen LogP contribution < -0.4 is 0 Å². The van der Waals surface area contributed by atoms with Crippen molar-refractivity contribution in [3.63, 3.8) is 0 Å². The summed E-state index contributed by atoms with van der Waals surface area (Å²) in [5.41, 5.74) is 0.274. The van der Waals surface area contributed by atoms with Gasteiger partial charge in [-0.05, 0) is 93.2 Å². The second-order valence-electron chi connectivity index (χ2n) is 11.0. The number of rotatable bonds is 9. The molecule has 35 heavy (non-hydrogen) atoms. The first-order valence-corrected chi connectivity index (χ1v) is 13.5. The van der Waals surface area contributed by atoms with Crippen LogP contribution in [0.4, 0.5) is 13.2 Å². The monoisotopic (exact) mass is 495 g/mol. The maximum absolute atomic E-state index is 13.2. The zero-order valence-electron chi connectivity index (χ0n) is 20.6. The Morgan fingerprint density at radius 1 is 0.971 bits per heavy atom. The molecule has 1 aromatic carbocycles. The lowest BCUT2D eigenvalue weighted by Crippen LogP contribution is -2.46. The highest BCUT2D eigenvalue weighted by Crippen LogP contribution is 2.42. The van der Waals surface area contributed by atoms with Crippen LogP contribution >= 0.6 is 0 Å². The molecule has 0 aromatic heterocycles. The summed E-state index contributed by atoms with van der Waals surface area (Å²) in [5, 5.41) is 9.39. The number of ether oxygens (including phenoxy) is 1. The van der Waals surface area contributed by atoms with Crippen LogP contribution in [0, 0.1) is 11.8 Å². The molecule has 0 radical (unpaired) electrons. The second-order valence-corrected chi connectivity index (χ2v) is 11.0. The largest absolute Gasteiger partial charge is 0.481 e. The Bertz CT molecular complexity index is 801. The standard InChI is InChI=1S/C28H40F3NO3/c29-28(30,31)23-11-9-22(10-12-23)25-17-21(18-27(33)34)8-13-26(25)32(19-20-5-1-2-6-20)15-14-24-7-3-4-16-35-24/h9-12,20-21,24-26H,1-8,13-19H2,(H,33,34)/t21-,24?,25+,26-/m1/s1. The van der Waals surface area contributed by atoms with E-state index in [4.69, 9.17) is 4.74 Å². The molecule has 3 fully saturated rings. The molecule has 1 aliphatic heterocycles. The lowest BCUT2D eigenvalue weighted by Gasteiger charge is -2.44. The van der Waals surface area contributed by atoms with E-state index >= 15 is 0 Å². The van der Waals surface area contributed by atoms with E-state index in [1.54, 1.807) is 12.1 Å². The molecule has 1 aromatic rings. The Hall–Kier alpha value is -1.60. The van der Waals surface area contributed by atoms with Crippen LogP contribution in [0.1, 0.15) is 94.1 Å². The molecule has 1 saturated heterocycles. The molecule has 4 atom stereocenters. The highest BCUT2D eigenvalue weighted by molar-refractivity contribution is 5.67. The second kappa shape index (κ2) is 12.1. The van der Waals surface area contributed by atoms with Gasteiger partial charge in [0.2, 0.25) is 0 Å². The molecule has 0 amide bonds. The molecular formula is C28H40F3NO3. The summed E-state index contributed by atoms with van der Waals surface area (Å²) >= 11 is 0. The Morgan fingerprint density at radius 3 is 2.31 bits per heavy atom. The number of carbonyl (C=O) groups is 1. The molecule has 196 valence electrons. The van der Waals surface area contributed by atoms with E-state index in [0.29, 0.717) is 18.4 Å². The van der Waals surface area contributed by atoms with Gasteiger partial charge in [0.15, 0.2) is 0 Å². The maximum Gasteiger partial charge on any atom is 0.416 e. The van der Waals surface area contributed by atoms with Crippen LogP contribution in [0.5, 0.6) is 0 Å². The van der Waals surface area contributed by atoms with E-state index in [2.05, 4.69) is 4.90 Å². The molecule has 0 spiro atoms. The minimum Gasteiger partial charge on any atom is -0.481 e. The Morgan fingerprint density at radius 2 is 1.69 bits per heavy atom. The average molecular weight is 496 g/mol. The Labute approximate surface area is 207 Å². The first-order chi connectivity index (χ1) is 16.8. The van der Waals surface area contributed by atoms with Gasteiger partial charge in [0.25, 0.3) is 0 Å². The quantitative estimate of drug-likeness (QED) is 0.406. The van der Waals surface area contributed by atoms with Gasteiger partial charge < -0.3 is 9.84 Å². The van der Waals surface area contributed by atoms with Gasteiger partial charge in [0.05, 0.1) is 11.7 Å². The lowest BCUT2D eigenvalue weighted by atomic mass is 9.72.